The Labute approximate surface area is 96.4 Å². The van der Waals surface area contributed by atoms with Gasteiger partial charge >= 0.3 is 0 Å². The van der Waals surface area contributed by atoms with Crippen molar-refractivity contribution in [1.82, 2.24) is 0 Å². The molecule has 1 heterocycles. The molecule has 0 aliphatic carbocycles. The minimum atomic E-state index is 0.149. The zero-order valence-electron chi connectivity index (χ0n) is 8.25. The third kappa shape index (κ3) is 3.19. The van der Waals surface area contributed by atoms with Gasteiger partial charge in [0.05, 0.1) is 6.10 Å². The van der Waals surface area contributed by atoms with Crippen molar-refractivity contribution in [2.24, 2.45) is 0 Å². The normalized spacial score (nSPS) is 12.8. The van der Waals surface area contributed by atoms with Gasteiger partial charge in [0.15, 0.2) is 5.78 Å². The van der Waals surface area contributed by atoms with E-state index in [0.717, 1.165) is 16.5 Å². The van der Waals surface area contributed by atoms with E-state index < -0.39 is 0 Å². The molecule has 1 aromatic heterocycles. The Balaban J connectivity index is 2.47. The second-order valence-electron chi connectivity index (χ2n) is 3.14. The Hall–Kier alpha value is -0.190. The summed E-state index contributed by atoms with van der Waals surface area (Å²) in [5.74, 6) is 0.182. The summed E-state index contributed by atoms with van der Waals surface area (Å²) in [4.78, 5) is 11.7. The fourth-order valence-electron chi connectivity index (χ4n) is 1.07. The van der Waals surface area contributed by atoms with Gasteiger partial charge in [-0.25, -0.2) is 0 Å². The molecule has 0 N–H and O–H groups in total. The number of halogens is 1. The van der Waals surface area contributed by atoms with Gasteiger partial charge in [-0.1, -0.05) is 0 Å². The number of Topliss-reactive ketones (excluding diaryl/α,β-unsaturated/α-hetero) is 1. The lowest BCUT2D eigenvalue weighted by Gasteiger charge is -2.07. The molecule has 0 aliphatic heterocycles. The molecule has 0 amide bonds. The standard InChI is InChI=1S/C10H13BrO2S/c1-7(13-2)3-4-10(12)8-5-14-6-9(8)11/h5-7H,3-4H2,1-2H3. The summed E-state index contributed by atoms with van der Waals surface area (Å²) in [6.07, 6.45) is 1.47. The first-order valence-electron chi connectivity index (χ1n) is 4.42. The molecule has 1 unspecified atom stereocenters. The van der Waals surface area contributed by atoms with E-state index in [1.807, 2.05) is 17.7 Å². The number of hydrogen-bond acceptors (Lipinski definition) is 3. The predicted octanol–water partition coefficient (Wildman–Crippen LogP) is 3.51. The minimum absolute atomic E-state index is 0.149. The molecule has 0 radical (unpaired) electrons. The van der Waals surface area contributed by atoms with E-state index in [1.54, 1.807) is 7.11 Å². The van der Waals surface area contributed by atoms with Crippen LogP contribution in [0.1, 0.15) is 30.1 Å². The van der Waals surface area contributed by atoms with Crippen LogP contribution in [0.3, 0.4) is 0 Å². The molecule has 0 bridgehead atoms. The van der Waals surface area contributed by atoms with Crippen LogP contribution in [-0.4, -0.2) is 19.0 Å². The molecular formula is C10H13BrO2S. The van der Waals surface area contributed by atoms with Crippen LogP contribution in [0.25, 0.3) is 0 Å². The number of carbonyl (C=O) groups excluding carboxylic acids is 1. The summed E-state index contributed by atoms with van der Waals surface area (Å²) >= 11 is 4.88. The topological polar surface area (TPSA) is 26.3 Å². The third-order valence-corrected chi connectivity index (χ3v) is 3.80. The molecule has 78 valence electrons. The smallest absolute Gasteiger partial charge is 0.164 e. The first kappa shape index (κ1) is 11.9. The van der Waals surface area contributed by atoms with Crippen LogP contribution >= 0.6 is 27.3 Å². The highest BCUT2D eigenvalue weighted by atomic mass is 79.9. The van der Waals surface area contributed by atoms with E-state index in [2.05, 4.69) is 15.9 Å². The fourth-order valence-corrected chi connectivity index (χ4v) is 2.59. The number of ketones is 1. The largest absolute Gasteiger partial charge is 0.382 e. The van der Waals surface area contributed by atoms with Crippen molar-refractivity contribution in [2.75, 3.05) is 7.11 Å². The van der Waals surface area contributed by atoms with Gasteiger partial charge in [-0.15, -0.1) is 0 Å². The van der Waals surface area contributed by atoms with Crippen molar-refractivity contribution in [2.45, 2.75) is 25.9 Å². The monoisotopic (exact) mass is 276 g/mol. The van der Waals surface area contributed by atoms with Gasteiger partial charge in [0.1, 0.15) is 0 Å². The lowest BCUT2D eigenvalue weighted by molar-refractivity contribution is 0.0877. The highest BCUT2D eigenvalue weighted by Gasteiger charge is 2.12. The lowest BCUT2D eigenvalue weighted by Crippen LogP contribution is -2.08. The Bertz CT molecular complexity index is 309. The van der Waals surface area contributed by atoms with Crippen molar-refractivity contribution in [3.05, 3.63) is 20.8 Å². The molecule has 1 atom stereocenters. The van der Waals surface area contributed by atoms with Crippen LogP contribution in [0.4, 0.5) is 0 Å². The zero-order chi connectivity index (χ0) is 10.6. The molecular weight excluding hydrogens is 264 g/mol. The Morgan fingerprint density at radius 1 is 1.64 bits per heavy atom. The van der Waals surface area contributed by atoms with E-state index >= 15 is 0 Å². The molecule has 0 saturated carbocycles. The number of ether oxygens (including phenoxy) is 1. The molecule has 1 aromatic rings. The first-order chi connectivity index (χ1) is 6.65. The molecule has 14 heavy (non-hydrogen) atoms. The molecule has 0 aromatic carbocycles. The van der Waals surface area contributed by atoms with Gasteiger partial charge in [-0.05, 0) is 29.3 Å². The number of thiophene rings is 1. The average Bonchev–Trinajstić information content (AvgIpc) is 2.60. The summed E-state index contributed by atoms with van der Waals surface area (Å²) in [6, 6.07) is 0. The highest BCUT2D eigenvalue weighted by molar-refractivity contribution is 9.10. The number of methoxy groups -OCH3 is 1. The van der Waals surface area contributed by atoms with Crippen LogP contribution in [0.2, 0.25) is 0 Å². The minimum Gasteiger partial charge on any atom is -0.382 e. The van der Waals surface area contributed by atoms with E-state index in [4.69, 9.17) is 4.74 Å². The predicted molar refractivity (Wildman–Crippen MR) is 62.1 cm³/mol. The number of hydrogen-bond donors (Lipinski definition) is 0. The van der Waals surface area contributed by atoms with Gasteiger partial charge in [-0.2, -0.15) is 11.3 Å². The number of rotatable bonds is 5. The maximum absolute atomic E-state index is 11.7. The molecule has 4 heteroatoms. The molecule has 0 fully saturated rings. The molecule has 0 spiro atoms. The van der Waals surface area contributed by atoms with Gasteiger partial charge in [0, 0.05) is 34.3 Å². The van der Waals surface area contributed by atoms with E-state index in [1.165, 1.54) is 11.3 Å². The van der Waals surface area contributed by atoms with Crippen LogP contribution in [0, 0.1) is 0 Å². The third-order valence-electron chi connectivity index (χ3n) is 2.10. The van der Waals surface area contributed by atoms with Crippen LogP contribution in [0.15, 0.2) is 15.2 Å². The maximum Gasteiger partial charge on any atom is 0.164 e. The van der Waals surface area contributed by atoms with Gasteiger partial charge in [0.25, 0.3) is 0 Å². The summed E-state index contributed by atoms with van der Waals surface area (Å²) < 4.78 is 5.99. The number of carbonyl (C=O) groups is 1. The van der Waals surface area contributed by atoms with Crippen molar-refractivity contribution in [1.29, 1.82) is 0 Å². The van der Waals surface area contributed by atoms with Crippen LogP contribution < -0.4 is 0 Å². The lowest BCUT2D eigenvalue weighted by atomic mass is 10.1. The van der Waals surface area contributed by atoms with Crippen molar-refractivity contribution in [3.8, 4) is 0 Å². The Morgan fingerprint density at radius 2 is 2.36 bits per heavy atom. The van der Waals surface area contributed by atoms with Gasteiger partial charge < -0.3 is 4.74 Å². The SMILES string of the molecule is COC(C)CCC(=O)c1cscc1Br. The Morgan fingerprint density at radius 3 is 2.86 bits per heavy atom. The zero-order valence-corrected chi connectivity index (χ0v) is 10.7. The quantitative estimate of drug-likeness (QED) is 0.770. The second kappa shape index (κ2) is 5.63. The maximum atomic E-state index is 11.7. The summed E-state index contributed by atoms with van der Waals surface area (Å²) in [5, 5.41) is 3.80. The van der Waals surface area contributed by atoms with Gasteiger partial charge in [0.2, 0.25) is 0 Å². The Kier molecular flexibility index (Phi) is 4.78. The highest BCUT2D eigenvalue weighted by Crippen LogP contribution is 2.23. The van der Waals surface area contributed by atoms with Crippen molar-refractivity contribution < 1.29 is 9.53 Å². The first-order valence-corrected chi connectivity index (χ1v) is 6.16. The van der Waals surface area contributed by atoms with E-state index in [9.17, 15) is 4.79 Å². The summed E-state index contributed by atoms with van der Waals surface area (Å²) in [7, 11) is 1.66. The summed E-state index contributed by atoms with van der Waals surface area (Å²) in [6.45, 7) is 1.97. The van der Waals surface area contributed by atoms with Crippen LogP contribution in [0.5, 0.6) is 0 Å². The molecule has 1 rings (SSSR count). The van der Waals surface area contributed by atoms with Gasteiger partial charge in [-0.3, -0.25) is 4.79 Å². The fraction of sp³-hybridized carbons (Fsp3) is 0.500. The summed E-state index contributed by atoms with van der Waals surface area (Å²) in [5.41, 5.74) is 0.790. The van der Waals surface area contributed by atoms with Crippen LogP contribution in [-0.2, 0) is 4.74 Å². The van der Waals surface area contributed by atoms with Crippen molar-refractivity contribution in [3.63, 3.8) is 0 Å². The average molecular weight is 277 g/mol. The second-order valence-corrected chi connectivity index (χ2v) is 4.74. The molecule has 0 aliphatic rings. The van der Waals surface area contributed by atoms with Crippen molar-refractivity contribution >= 4 is 33.0 Å². The molecule has 2 nitrogen and oxygen atoms in total. The van der Waals surface area contributed by atoms with E-state index in [0.29, 0.717) is 6.42 Å². The molecule has 0 saturated heterocycles. The van der Waals surface area contributed by atoms with E-state index in [-0.39, 0.29) is 11.9 Å².